The quantitative estimate of drug-likeness (QED) is 0.537. The summed E-state index contributed by atoms with van der Waals surface area (Å²) < 4.78 is 42.9. The smallest absolute Gasteiger partial charge is 0.314 e. The van der Waals surface area contributed by atoms with Crippen LogP contribution >= 0.6 is 11.3 Å². The number of piperidine rings is 1. The molecule has 9 heteroatoms. The molecule has 2 heterocycles. The van der Waals surface area contributed by atoms with Gasteiger partial charge in [-0.15, -0.1) is 11.3 Å². The molecular formula is C18H21NO6S2. The van der Waals surface area contributed by atoms with Crippen molar-refractivity contribution in [2.45, 2.75) is 17.1 Å². The molecule has 1 aliphatic rings. The maximum Gasteiger partial charge on any atom is 0.314 e. The highest BCUT2D eigenvalue weighted by atomic mass is 32.2. The summed E-state index contributed by atoms with van der Waals surface area (Å²) in [6.45, 7) is 0.562. The van der Waals surface area contributed by atoms with Crippen molar-refractivity contribution in [1.29, 1.82) is 0 Å². The molecule has 0 saturated carbocycles. The second kappa shape index (κ2) is 8.28. The summed E-state index contributed by atoms with van der Waals surface area (Å²) in [7, 11) is -0.516. The number of thiophene rings is 1. The van der Waals surface area contributed by atoms with E-state index in [1.807, 2.05) is 0 Å². The number of hydrogen-bond donors (Lipinski definition) is 0. The lowest BCUT2D eigenvalue weighted by molar-refractivity contribution is -0.140. The Morgan fingerprint density at radius 3 is 2.22 bits per heavy atom. The monoisotopic (exact) mass is 411 g/mol. The van der Waals surface area contributed by atoms with Crippen LogP contribution in [0.15, 0.2) is 39.9 Å². The van der Waals surface area contributed by atoms with Crippen LogP contribution in [0, 0.1) is 5.92 Å². The summed E-state index contributed by atoms with van der Waals surface area (Å²) in [5, 5.41) is 1.73. The third-order valence-corrected chi connectivity index (χ3v) is 7.73. The summed E-state index contributed by atoms with van der Waals surface area (Å²) in [4.78, 5) is 12.6. The molecule has 146 valence electrons. The first-order chi connectivity index (χ1) is 13.0. The first-order valence-electron chi connectivity index (χ1n) is 8.43. The Morgan fingerprint density at radius 1 is 1.07 bits per heavy atom. The standard InChI is InChI=1S/C18H21NO6S2/c1-23-14-5-3-6-15(24-2)17(14)25-18(20)13-8-10-19(11-9-13)27(21,22)16-7-4-12-26-16/h3-7,12-13H,8-11H2,1-2H3. The number of rotatable bonds is 6. The maximum absolute atomic E-state index is 12.6. The van der Waals surface area contributed by atoms with Crippen LogP contribution in [0.1, 0.15) is 12.8 Å². The molecule has 0 radical (unpaired) electrons. The number of nitrogens with zero attached hydrogens (tertiary/aromatic N) is 1. The molecule has 0 amide bonds. The molecule has 1 aromatic carbocycles. The zero-order chi connectivity index (χ0) is 19.4. The van der Waals surface area contributed by atoms with Crippen molar-refractivity contribution in [2.24, 2.45) is 5.92 Å². The van der Waals surface area contributed by atoms with E-state index in [0.29, 0.717) is 28.5 Å². The number of sulfonamides is 1. The van der Waals surface area contributed by atoms with E-state index >= 15 is 0 Å². The van der Waals surface area contributed by atoms with Crippen molar-refractivity contribution >= 4 is 27.3 Å². The van der Waals surface area contributed by atoms with Gasteiger partial charge in [0, 0.05) is 13.1 Å². The van der Waals surface area contributed by atoms with Crippen molar-refractivity contribution in [2.75, 3.05) is 27.3 Å². The predicted octanol–water partition coefficient (Wildman–Crippen LogP) is 2.77. The van der Waals surface area contributed by atoms with Crippen LogP contribution in [0.5, 0.6) is 17.2 Å². The Bertz CT molecular complexity index is 864. The van der Waals surface area contributed by atoms with E-state index in [2.05, 4.69) is 0 Å². The van der Waals surface area contributed by atoms with Crippen molar-refractivity contribution in [3.05, 3.63) is 35.7 Å². The topological polar surface area (TPSA) is 82.1 Å². The summed E-state index contributed by atoms with van der Waals surface area (Å²) in [6.07, 6.45) is 0.807. The Kier molecular flexibility index (Phi) is 6.03. The van der Waals surface area contributed by atoms with Crippen LogP contribution in [0.3, 0.4) is 0 Å². The maximum atomic E-state index is 12.6. The Labute approximate surface area is 162 Å². The molecule has 27 heavy (non-hydrogen) atoms. The van der Waals surface area contributed by atoms with E-state index in [1.165, 1.54) is 29.9 Å². The SMILES string of the molecule is COc1cccc(OC)c1OC(=O)C1CCN(S(=O)(=O)c2cccs2)CC1. The molecule has 0 spiro atoms. The molecular weight excluding hydrogens is 390 g/mol. The van der Waals surface area contributed by atoms with Crippen molar-refractivity contribution < 1.29 is 27.4 Å². The molecule has 0 N–H and O–H groups in total. The van der Waals surface area contributed by atoms with Gasteiger partial charge in [-0.3, -0.25) is 4.79 Å². The van der Waals surface area contributed by atoms with Crippen molar-refractivity contribution in [3.8, 4) is 17.2 Å². The highest BCUT2D eigenvalue weighted by molar-refractivity contribution is 7.91. The van der Waals surface area contributed by atoms with Crippen LogP contribution in [0.2, 0.25) is 0 Å². The summed E-state index contributed by atoms with van der Waals surface area (Å²) >= 11 is 1.19. The number of carbonyl (C=O) groups excluding carboxylic acids is 1. The van der Waals surface area contributed by atoms with Gasteiger partial charge in [0.25, 0.3) is 10.0 Å². The highest BCUT2D eigenvalue weighted by Crippen LogP contribution is 2.38. The van der Waals surface area contributed by atoms with Gasteiger partial charge in [-0.2, -0.15) is 4.31 Å². The van der Waals surface area contributed by atoms with E-state index in [9.17, 15) is 13.2 Å². The first kappa shape index (κ1) is 19.7. The Hall–Kier alpha value is -2.10. The largest absolute Gasteiger partial charge is 0.493 e. The lowest BCUT2D eigenvalue weighted by atomic mass is 9.98. The molecule has 1 aromatic heterocycles. The summed E-state index contributed by atoms with van der Waals surface area (Å²) in [5.74, 6) is 0.252. The minimum Gasteiger partial charge on any atom is -0.493 e. The van der Waals surface area contributed by atoms with Crippen molar-refractivity contribution in [1.82, 2.24) is 4.31 Å². The number of esters is 1. The second-order valence-corrected chi connectivity index (χ2v) is 9.14. The van der Waals surface area contributed by atoms with Gasteiger partial charge in [0.1, 0.15) is 4.21 Å². The fourth-order valence-electron chi connectivity index (χ4n) is 2.97. The van der Waals surface area contributed by atoms with Crippen LogP contribution in [0.25, 0.3) is 0 Å². The number of carbonyl (C=O) groups is 1. The van der Waals surface area contributed by atoms with E-state index in [1.54, 1.807) is 35.7 Å². The Balaban J connectivity index is 1.66. The van der Waals surface area contributed by atoms with Gasteiger partial charge in [0.2, 0.25) is 5.75 Å². The van der Waals surface area contributed by atoms with Crippen LogP contribution in [-0.2, 0) is 14.8 Å². The average Bonchev–Trinajstić information content (AvgIpc) is 3.24. The summed E-state index contributed by atoms with van der Waals surface area (Å²) in [6, 6.07) is 8.40. The molecule has 0 unspecified atom stereocenters. The summed E-state index contributed by atoms with van der Waals surface area (Å²) in [5.41, 5.74) is 0. The predicted molar refractivity (Wildman–Crippen MR) is 101 cm³/mol. The number of methoxy groups -OCH3 is 2. The number of benzene rings is 1. The zero-order valence-corrected chi connectivity index (χ0v) is 16.7. The fraction of sp³-hybridized carbons (Fsp3) is 0.389. The molecule has 7 nitrogen and oxygen atoms in total. The molecule has 0 atom stereocenters. The minimum atomic E-state index is -3.49. The van der Waals surface area contributed by atoms with E-state index in [-0.39, 0.29) is 24.8 Å². The normalized spacial score (nSPS) is 16.1. The van der Waals surface area contributed by atoms with Gasteiger partial charge in [0.05, 0.1) is 20.1 Å². The van der Waals surface area contributed by atoms with Crippen LogP contribution in [0.4, 0.5) is 0 Å². The molecule has 3 rings (SSSR count). The zero-order valence-electron chi connectivity index (χ0n) is 15.1. The first-order valence-corrected chi connectivity index (χ1v) is 10.8. The molecule has 1 aliphatic heterocycles. The fourth-order valence-corrected chi connectivity index (χ4v) is 5.59. The van der Waals surface area contributed by atoms with Crippen molar-refractivity contribution in [3.63, 3.8) is 0 Å². The minimum absolute atomic E-state index is 0.237. The average molecular weight is 412 g/mol. The van der Waals surface area contributed by atoms with Crippen LogP contribution in [-0.4, -0.2) is 46.0 Å². The van der Waals surface area contributed by atoms with Gasteiger partial charge in [-0.1, -0.05) is 12.1 Å². The third kappa shape index (κ3) is 4.10. The number of ether oxygens (including phenoxy) is 3. The van der Waals surface area contributed by atoms with Gasteiger partial charge >= 0.3 is 5.97 Å². The molecule has 0 bridgehead atoms. The number of hydrogen-bond acceptors (Lipinski definition) is 7. The third-order valence-electron chi connectivity index (χ3n) is 4.46. The highest BCUT2D eigenvalue weighted by Gasteiger charge is 2.34. The number of para-hydroxylation sites is 1. The second-order valence-electron chi connectivity index (χ2n) is 6.02. The van der Waals surface area contributed by atoms with Gasteiger partial charge in [0.15, 0.2) is 11.5 Å². The molecule has 2 aromatic rings. The van der Waals surface area contributed by atoms with Gasteiger partial charge in [-0.25, -0.2) is 8.42 Å². The van der Waals surface area contributed by atoms with E-state index in [4.69, 9.17) is 14.2 Å². The molecule has 1 saturated heterocycles. The van der Waals surface area contributed by atoms with E-state index < -0.39 is 16.0 Å². The molecule has 1 fully saturated rings. The van der Waals surface area contributed by atoms with Crippen LogP contribution < -0.4 is 14.2 Å². The van der Waals surface area contributed by atoms with E-state index in [0.717, 1.165) is 0 Å². The molecule has 0 aliphatic carbocycles. The lowest BCUT2D eigenvalue weighted by Gasteiger charge is -2.29. The van der Waals surface area contributed by atoms with Gasteiger partial charge in [-0.05, 0) is 36.4 Å². The Morgan fingerprint density at radius 2 is 1.70 bits per heavy atom. The lowest BCUT2D eigenvalue weighted by Crippen LogP contribution is -2.40. The van der Waals surface area contributed by atoms with Gasteiger partial charge < -0.3 is 14.2 Å².